The molecule has 0 saturated carbocycles. The molecule has 1 atom stereocenters. The fourth-order valence-corrected chi connectivity index (χ4v) is 1.47. The molecule has 4 heteroatoms. The summed E-state index contributed by atoms with van der Waals surface area (Å²) in [6, 6.07) is 0.409. The van der Waals surface area contributed by atoms with E-state index in [-0.39, 0.29) is 0 Å². The molecule has 2 N–H and O–H groups in total. The molecule has 0 unspecified atom stereocenters. The Morgan fingerprint density at radius 1 is 1.45 bits per heavy atom. The molecular weight excluding hydrogens is 140 g/mol. The number of aromatic nitrogens is 3. The number of hydrogen-bond acceptors (Lipinski definition) is 3. The van der Waals surface area contributed by atoms with Crippen LogP contribution >= 0.6 is 0 Å². The van der Waals surface area contributed by atoms with Gasteiger partial charge in [0.25, 0.3) is 0 Å². The second kappa shape index (κ2) is 3.00. The van der Waals surface area contributed by atoms with Crippen LogP contribution in [0.25, 0.3) is 0 Å². The molecule has 0 spiro atoms. The van der Waals surface area contributed by atoms with Crippen LogP contribution in [0, 0.1) is 0 Å². The molecule has 11 heavy (non-hydrogen) atoms. The molecule has 0 bridgehead atoms. The van der Waals surface area contributed by atoms with E-state index in [0.29, 0.717) is 6.04 Å². The molecule has 1 aliphatic rings. The van der Waals surface area contributed by atoms with Crippen LogP contribution in [0.3, 0.4) is 0 Å². The topological polar surface area (TPSA) is 53.6 Å². The molecule has 1 aromatic heterocycles. The van der Waals surface area contributed by atoms with E-state index in [9.17, 15) is 0 Å². The first kappa shape index (κ1) is 6.79. The first-order chi connectivity index (χ1) is 5.47. The normalized spacial score (nSPS) is 25.3. The predicted octanol–water partition coefficient (Wildman–Crippen LogP) is 0.619. The second-order valence-corrected chi connectivity index (χ2v) is 2.87. The minimum atomic E-state index is 0.409. The predicted molar refractivity (Wildman–Crippen MR) is 41.0 cm³/mol. The van der Waals surface area contributed by atoms with Gasteiger partial charge in [-0.3, -0.25) is 5.10 Å². The van der Waals surface area contributed by atoms with Crippen molar-refractivity contribution in [1.29, 1.82) is 0 Å². The van der Waals surface area contributed by atoms with Crippen LogP contribution in [0.15, 0.2) is 6.33 Å². The highest BCUT2D eigenvalue weighted by Gasteiger charge is 2.16. The van der Waals surface area contributed by atoms with Crippen LogP contribution in [0.1, 0.15) is 31.1 Å². The number of nitrogens with zero attached hydrogens (tertiary/aromatic N) is 2. The molecule has 1 saturated heterocycles. The lowest BCUT2D eigenvalue weighted by Gasteiger charge is -2.20. The number of nitrogens with one attached hydrogen (secondary N) is 2. The van der Waals surface area contributed by atoms with Gasteiger partial charge < -0.3 is 5.32 Å². The molecular formula is C7H12N4. The number of H-pyrrole nitrogens is 1. The molecule has 0 amide bonds. The summed E-state index contributed by atoms with van der Waals surface area (Å²) in [5.74, 6) is 0.977. The third kappa shape index (κ3) is 1.40. The largest absolute Gasteiger partial charge is 0.307 e. The van der Waals surface area contributed by atoms with Crippen LogP contribution in [0.4, 0.5) is 0 Å². The summed E-state index contributed by atoms with van der Waals surface area (Å²) in [5.41, 5.74) is 0. The average molecular weight is 152 g/mol. The van der Waals surface area contributed by atoms with E-state index in [1.54, 1.807) is 6.33 Å². The third-order valence-electron chi connectivity index (χ3n) is 2.07. The van der Waals surface area contributed by atoms with Gasteiger partial charge in [-0.15, -0.1) is 0 Å². The second-order valence-electron chi connectivity index (χ2n) is 2.87. The maximum Gasteiger partial charge on any atom is 0.141 e. The summed E-state index contributed by atoms with van der Waals surface area (Å²) in [5, 5.41) is 10.1. The lowest BCUT2D eigenvalue weighted by Crippen LogP contribution is -2.27. The quantitative estimate of drug-likeness (QED) is 0.620. The molecule has 0 radical (unpaired) electrons. The Bertz CT molecular complexity index is 200. The Kier molecular flexibility index (Phi) is 1.85. The smallest absolute Gasteiger partial charge is 0.141 e. The van der Waals surface area contributed by atoms with Gasteiger partial charge in [-0.1, -0.05) is 6.42 Å². The summed E-state index contributed by atoms with van der Waals surface area (Å²) < 4.78 is 0. The van der Waals surface area contributed by atoms with Crippen LogP contribution in [-0.2, 0) is 0 Å². The first-order valence-electron chi connectivity index (χ1n) is 4.05. The molecule has 1 fully saturated rings. The van der Waals surface area contributed by atoms with Gasteiger partial charge in [-0.05, 0) is 19.4 Å². The van der Waals surface area contributed by atoms with Gasteiger partial charge in [0.15, 0.2) is 0 Å². The molecule has 2 rings (SSSR count). The maximum atomic E-state index is 4.11. The Balaban J connectivity index is 2.04. The van der Waals surface area contributed by atoms with Gasteiger partial charge in [-0.25, -0.2) is 4.98 Å². The summed E-state index contributed by atoms with van der Waals surface area (Å²) in [4.78, 5) is 4.11. The standard InChI is InChI=1S/C7H12N4/c1-2-4-8-6(3-1)7-9-5-10-11-7/h5-6,8H,1-4H2,(H,9,10,11)/t6-/m1/s1. The van der Waals surface area contributed by atoms with Crippen LogP contribution in [0.2, 0.25) is 0 Å². The zero-order chi connectivity index (χ0) is 7.52. The van der Waals surface area contributed by atoms with Crippen molar-refractivity contribution >= 4 is 0 Å². The molecule has 2 heterocycles. The lowest BCUT2D eigenvalue weighted by molar-refractivity contribution is 0.398. The maximum absolute atomic E-state index is 4.11. The van der Waals surface area contributed by atoms with Gasteiger partial charge >= 0.3 is 0 Å². The monoisotopic (exact) mass is 152 g/mol. The first-order valence-corrected chi connectivity index (χ1v) is 4.05. The number of rotatable bonds is 1. The fraction of sp³-hybridized carbons (Fsp3) is 0.714. The average Bonchev–Trinajstić information content (AvgIpc) is 2.58. The minimum Gasteiger partial charge on any atom is -0.307 e. The SMILES string of the molecule is c1n[nH]c([C@H]2CCCCN2)n1. The zero-order valence-corrected chi connectivity index (χ0v) is 6.38. The lowest BCUT2D eigenvalue weighted by atomic mass is 10.1. The Morgan fingerprint density at radius 2 is 2.45 bits per heavy atom. The molecule has 1 aromatic rings. The van der Waals surface area contributed by atoms with E-state index in [2.05, 4.69) is 20.5 Å². The van der Waals surface area contributed by atoms with Crippen molar-refractivity contribution in [3.05, 3.63) is 12.2 Å². The highest BCUT2D eigenvalue weighted by Crippen LogP contribution is 2.18. The van der Waals surface area contributed by atoms with Gasteiger partial charge in [0.1, 0.15) is 12.2 Å². The van der Waals surface area contributed by atoms with Crippen molar-refractivity contribution in [3.63, 3.8) is 0 Å². The molecule has 0 aliphatic carbocycles. The fourth-order valence-electron chi connectivity index (χ4n) is 1.47. The van der Waals surface area contributed by atoms with E-state index in [1.165, 1.54) is 19.3 Å². The number of aromatic amines is 1. The number of piperidine rings is 1. The van der Waals surface area contributed by atoms with Crippen molar-refractivity contribution in [1.82, 2.24) is 20.5 Å². The van der Waals surface area contributed by atoms with Gasteiger partial charge in [0.05, 0.1) is 6.04 Å². The summed E-state index contributed by atoms with van der Waals surface area (Å²) in [6.45, 7) is 1.10. The van der Waals surface area contributed by atoms with E-state index >= 15 is 0 Å². The summed E-state index contributed by atoms with van der Waals surface area (Å²) >= 11 is 0. The van der Waals surface area contributed by atoms with Crippen molar-refractivity contribution in [2.75, 3.05) is 6.54 Å². The van der Waals surface area contributed by atoms with E-state index in [0.717, 1.165) is 12.4 Å². The van der Waals surface area contributed by atoms with Crippen LogP contribution in [0.5, 0.6) is 0 Å². The Morgan fingerprint density at radius 3 is 3.09 bits per heavy atom. The van der Waals surface area contributed by atoms with Crippen LogP contribution < -0.4 is 5.32 Å². The highest BCUT2D eigenvalue weighted by atomic mass is 15.2. The van der Waals surface area contributed by atoms with Crippen molar-refractivity contribution in [2.45, 2.75) is 25.3 Å². The van der Waals surface area contributed by atoms with Gasteiger partial charge in [0, 0.05) is 0 Å². The minimum absolute atomic E-state index is 0.409. The molecule has 60 valence electrons. The van der Waals surface area contributed by atoms with Crippen molar-refractivity contribution in [3.8, 4) is 0 Å². The zero-order valence-electron chi connectivity index (χ0n) is 6.38. The summed E-state index contributed by atoms with van der Waals surface area (Å²) in [7, 11) is 0. The van der Waals surface area contributed by atoms with Crippen molar-refractivity contribution < 1.29 is 0 Å². The van der Waals surface area contributed by atoms with Crippen molar-refractivity contribution in [2.24, 2.45) is 0 Å². The molecule has 0 aromatic carbocycles. The molecule has 4 nitrogen and oxygen atoms in total. The molecule has 1 aliphatic heterocycles. The third-order valence-corrected chi connectivity index (χ3v) is 2.07. The van der Waals surface area contributed by atoms with Gasteiger partial charge in [0.2, 0.25) is 0 Å². The number of hydrogen-bond donors (Lipinski definition) is 2. The Labute approximate surface area is 65.4 Å². The Hall–Kier alpha value is -0.900. The van der Waals surface area contributed by atoms with E-state index in [4.69, 9.17) is 0 Å². The van der Waals surface area contributed by atoms with E-state index < -0.39 is 0 Å². The highest BCUT2D eigenvalue weighted by molar-refractivity contribution is 4.92. The summed E-state index contributed by atoms with van der Waals surface area (Å²) in [6.07, 6.45) is 5.31. The van der Waals surface area contributed by atoms with Crippen LogP contribution in [-0.4, -0.2) is 21.7 Å². The van der Waals surface area contributed by atoms with E-state index in [1.807, 2.05) is 0 Å². The van der Waals surface area contributed by atoms with Gasteiger partial charge in [-0.2, -0.15) is 5.10 Å².